The highest BCUT2D eigenvalue weighted by molar-refractivity contribution is 6.30. The summed E-state index contributed by atoms with van der Waals surface area (Å²) >= 11 is 6.02. The number of guanidine groups is 1. The van der Waals surface area contributed by atoms with E-state index in [-0.39, 0.29) is 5.56 Å². The molecule has 27 heavy (non-hydrogen) atoms. The highest BCUT2D eigenvalue weighted by Gasteiger charge is 2.29. The number of aromatic nitrogens is 2. The van der Waals surface area contributed by atoms with Crippen LogP contribution in [-0.4, -0.2) is 15.5 Å². The minimum absolute atomic E-state index is 0.133. The van der Waals surface area contributed by atoms with E-state index in [0.29, 0.717) is 22.6 Å². The highest BCUT2D eigenvalue weighted by Crippen LogP contribution is 2.19. The molecule has 1 aromatic heterocycles. The maximum Gasteiger partial charge on any atom is 0.357 e. The molecule has 2 aromatic carbocycles. The molecule has 0 saturated heterocycles. The summed E-state index contributed by atoms with van der Waals surface area (Å²) in [5.74, 6) is 1.13. The number of fused-ring (bicyclic) bond motifs is 1. The van der Waals surface area contributed by atoms with Crippen molar-refractivity contribution >= 4 is 29.2 Å². The summed E-state index contributed by atoms with van der Waals surface area (Å²) in [6.07, 6.45) is -0.410. The lowest BCUT2D eigenvalue weighted by atomic mass is 10.1. The predicted octanol–water partition coefficient (Wildman–Crippen LogP) is 2.03. The smallest absolute Gasteiger partial charge is 0.269 e. The number of rotatable bonds is 2. The molecule has 3 N–H and O–H groups in total. The van der Waals surface area contributed by atoms with Gasteiger partial charge in [-0.15, -0.1) is 0 Å². The number of benzene rings is 2. The summed E-state index contributed by atoms with van der Waals surface area (Å²) in [5.41, 5.74) is 3.53. The van der Waals surface area contributed by atoms with E-state index >= 15 is 0 Å². The molecule has 136 valence electrons. The maximum absolute atomic E-state index is 12.6. The molecule has 4 rings (SSSR count). The number of hydrogen-bond acceptors (Lipinski definition) is 4. The SMILES string of the molecule is Cc1ccc(NC2=[NH+][C@@H](c3ccc(Cl)cc3)n3c(nc(C)cc3=O)N2)cc1. The van der Waals surface area contributed by atoms with Gasteiger partial charge in [-0.05, 0) is 38.1 Å². The van der Waals surface area contributed by atoms with Gasteiger partial charge in [-0.2, -0.15) is 0 Å². The van der Waals surface area contributed by atoms with Gasteiger partial charge in [0.1, 0.15) is 0 Å². The van der Waals surface area contributed by atoms with Crippen LogP contribution >= 0.6 is 11.6 Å². The molecular formula is C20H19ClN5O+. The lowest BCUT2D eigenvalue weighted by Gasteiger charge is -2.23. The second-order valence-electron chi connectivity index (χ2n) is 6.52. The fraction of sp³-hybridized carbons (Fsp3) is 0.150. The zero-order valence-corrected chi connectivity index (χ0v) is 15.7. The summed E-state index contributed by atoms with van der Waals surface area (Å²) in [6, 6.07) is 17.0. The van der Waals surface area contributed by atoms with Crippen LogP contribution in [0.2, 0.25) is 5.02 Å². The molecule has 6 nitrogen and oxygen atoms in total. The maximum atomic E-state index is 12.6. The molecule has 0 spiro atoms. The van der Waals surface area contributed by atoms with Gasteiger partial charge in [-0.3, -0.25) is 9.79 Å². The van der Waals surface area contributed by atoms with E-state index in [9.17, 15) is 4.79 Å². The average molecular weight is 381 g/mol. The van der Waals surface area contributed by atoms with Crippen molar-refractivity contribution in [1.82, 2.24) is 9.55 Å². The van der Waals surface area contributed by atoms with Gasteiger partial charge in [0.2, 0.25) is 0 Å². The lowest BCUT2D eigenvalue weighted by molar-refractivity contribution is -0.520. The predicted molar refractivity (Wildman–Crippen MR) is 107 cm³/mol. The Hall–Kier alpha value is -3.12. The van der Waals surface area contributed by atoms with Crippen LogP contribution in [0.4, 0.5) is 11.6 Å². The normalized spacial score (nSPS) is 15.5. The molecule has 7 heteroatoms. The summed E-state index contributed by atoms with van der Waals surface area (Å²) in [5, 5.41) is 7.13. The van der Waals surface area contributed by atoms with Gasteiger partial charge in [-0.25, -0.2) is 20.2 Å². The van der Waals surface area contributed by atoms with Gasteiger partial charge in [0.15, 0.2) is 6.17 Å². The Balaban J connectivity index is 1.78. The minimum atomic E-state index is -0.410. The molecule has 0 radical (unpaired) electrons. The number of aryl methyl sites for hydroxylation is 2. The van der Waals surface area contributed by atoms with Gasteiger partial charge in [0.25, 0.3) is 11.5 Å². The van der Waals surface area contributed by atoms with Crippen molar-refractivity contribution in [3.63, 3.8) is 0 Å². The third-order valence-electron chi connectivity index (χ3n) is 4.36. The fourth-order valence-electron chi connectivity index (χ4n) is 3.02. The van der Waals surface area contributed by atoms with E-state index in [2.05, 4.69) is 20.6 Å². The first-order chi connectivity index (χ1) is 13.0. The Morgan fingerprint density at radius 2 is 1.81 bits per heavy atom. The van der Waals surface area contributed by atoms with Gasteiger partial charge in [-0.1, -0.05) is 41.4 Å². The molecule has 1 atom stereocenters. The van der Waals surface area contributed by atoms with Crippen LogP contribution in [0.1, 0.15) is 23.0 Å². The van der Waals surface area contributed by atoms with Crippen molar-refractivity contribution < 1.29 is 4.99 Å². The summed E-state index contributed by atoms with van der Waals surface area (Å²) < 4.78 is 1.59. The van der Waals surface area contributed by atoms with Gasteiger partial charge in [0, 0.05) is 22.3 Å². The van der Waals surface area contributed by atoms with E-state index in [4.69, 9.17) is 11.6 Å². The van der Waals surface area contributed by atoms with Crippen molar-refractivity contribution in [2.45, 2.75) is 20.0 Å². The average Bonchev–Trinajstić information content (AvgIpc) is 2.63. The van der Waals surface area contributed by atoms with E-state index in [1.54, 1.807) is 23.6 Å². The van der Waals surface area contributed by atoms with Crippen LogP contribution in [0.5, 0.6) is 0 Å². The Labute approximate surface area is 161 Å². The van der Waals surface area contributed by atoms with Crippen molar-refractivity contribution in [3.05, 3.63) is 86.8 Å². The number of halogens is 1. The molecule has 0 fully saturated rings. The monoisotopic (exact) mass is 380 g/mol. The Morgan fingerprint density at radius 3 is 2.52 bits per heavy atom. The molecular weight excluding hydrogens is 362 g/mol. The zero-order valence-electron chi connectivity index (χ0n) is 15.0. The fourth-order valence-corrected chi connectivity index (χ4v) is 3.14. The standard InChI is InChI=1S/C20H18ClN5O/c1-12-3-9-16(10-4-12)23-19-24-18(14-5-7-15(21)8-6-14)26-17(27)11-13(2)22-20(26)25-19/h3-11,18H,1-2H3,(H2,22,23,24,25)/p+1/t18-/m1/s1. The molecule has 1 aliphatic heterocycles. The largest absolute Gasteiger partial charge is 0.357 e. The van der Waals surface area contributed by atoms with Crippen LogP contribution in [0.3, 0.4) is 0 Å². The van der Waals surface area contributed by atoms with Crippen LogP contribution in [0.25, 0.3) is 0 Å². The van der Waals surface area contributed by atoms with Crippen LogP contribution < -0.4 is 21.2 Å². The molecule has 0 saturated carbocycles. The second kappa shape index (κ2) is 6.89. The molecule has 1 aliphatic rings. The lowest BCUT2D eigenvalue weighted by Crippen LogP contribution is -2.82. The minimum Gasteiger partial charge on any atom is -0.269 e. The highest BCUT2D eigenvalue weighted by atomic mass is 35.5. The van der Waals surface area contributed by atoms with Crippen molar-refractivity contribution in [1.29, 1.82) is 0 Å². The van der Waals surface area contributed by atoms with E-state index in [1.807, 2.05) is 43.3 Å². The van der Waals surface area contributed by atoms with Gasteiger partial charge in [0.05, 0.1) is 5.69 Å². The van der Waals surface area contributed by atoms with Crippen molar-refractivity contribution in [3.8, 4) is 0 Å². The number of anilines is 2. The molecule has 0 bridgehead atoms. The Bertz CT molecular complexity index is 1070. The number of nitrogens with zero attached hydrogens (tertiary/aromatic N) is 2. The van der Waals surface area contributed by atoms with Crippen LogP contribution in [0.15, 0.2) is 59.4 Å². The zero-order chi connectivity index (χ0) is 19.0. The molecule has 3 aromatic rings. The van der Waals surface area contributed by atoms with Crippen LogP contribution in [-0.2, 0) is 0 Å². The first-order valence-electron chi connectivity index (χ1n) is 8.59. The first-order valence-corrected chi connectivity index (χ1v) is 8.97. The van der Waals surface area contributed by atoms with Gasteiger partial charge < -0.3 is 0 Å². The van der Waals surface area contributed by atoms with E-state index < -0.39 is 6.17 Å². The molecule has 0 amide bonds. The molecule has 0 aliphatic carbocycles. The quantitative estimate of drug-likeness (QED) is 0.636. The van der Waals surface area contributed by atoms with Crippen molar-refractivity contribution in [2.24, 2.45) is 0 Å². The topological polar surface area (TPSA) is 72.9 Å². The molecule has 0 unspecified atom stereocenters. The van der Waals surface area contributed by atoms with E-state index in [0.717, 1.165) is 11.3 Å². The van der Waals surface area contributed by atoms with Gasteiger partial charge >= 0.3 is 5.96 Å². The van der Waals surface area contributed by atoms with E-state index in [1.165, 1.54) is 11.6 Å². The number of nitrogens with one attached hydrogen (secondary N) is 3. The number of hydrogen-bond donors (Lipinski definition) is 3. The Kier molecular flexibility index (Phi) is 4.41. The Morgan fingerprint density at radius 1 is 1.11 bits per heavy atom. The van der Waals surface area contributed by atoms with Crippen molar-refractivity contribution in [2.75, 3.05) is 10.6 Å². The third-order valence-corrected chi connectivity index (χ3v) is 4.61. The first kappa shape index (κ1) is 17.3. The summed E-state index contributed by atoms with van der Waals surface area (Å²) in [6.45, 7) is 3.84. The summed E-state index contributed by atoms with van der Waals surface area (Å²) in [4.78, 5) is 20.5. The second-order valence-corrected chi connectivity index (χ2v) is 6.96. The van der Waals surface area contributed by atoms with Crippen LogP contribution in [0, 0.1) is 13.8 Å². The third kappa shape index (κ3) is 3.57. The summed E-state index contributed by atoms with van der Waals surface area (Å²) in [7, 11) is 0. The molecule has 2 heterocycles.